The minimum absolute atomic E-state index is 0.284. The van der Waals surface area contributed by atoms with E-state index in [2.05, 4.69) is 10.4 Å². The van der Waals surface area contributed by atoms with Crippen LogP contribution >= 0.6 is 0 Å². The lowest BCUT2D eigenvalue weighted by molar-refractivity contribution is 0.0353. The third-order valence-electron chi connectivity index (χ3n) is 4.15. The molecule has 0 saturated heterocycles. The fraction of sp³-hybridized carbons (Fsp3) is 0.381. The first-order valence-electron chi connectivity index (χ1n) is 8.94. The van der Waals surface area contributed by atoms with Gasteiger partial charge in [0.15, 0.2) is 0 Å². The van der Waals surface area contributed by atoms with E-state index >= 15 is 0 Å². The Balaban J connectivity index is 2.38. The molecule has 0 aliphatic heterocycles. The maximum Gasteiger partial charge on any atom is 0.291 e. The predicted molar refractivity (Wildman–Crippen MR) is 105 cm³/mol. The summed E-state index contributed by atoms with van der Waals surface area (Å²) >= 11 is 0. The second-order valence-corrected chi connectivity index (χ2v) is 7.26. The van der Waals surface area contributed by atoms with E-state index in [-0.39, 0.29) is 17.5 Å². The standard InChI is InChI=1S/C21H27N3O3/c1-7-15-16(11-9-13-18(15)27-6)19(25)23-24(21(3,4)5)20(26)17-12-8-10-14(2)22-17/h8-13H,7H2,1-6H3,(H,23,25). The molecule has 2 aromatic rings. The number of carbonyl (C=O) groups excluding carboxylic acids is 2. The van der Waals surface area contributed by atoms with Gasteiger partial charge in [-0.2, -0.15) is 0 Å². The molecule has 0 aliphatic rings. The van der Waals surface area contributed by atoms with Gasteiger partial charge in [-0.05, 0) is 58.4 Å². The summed E-state index contributed by atoms with van der Waals surface area (Å²) in [6.45, 7) is 9.34. The molecule has 0 aliphatic carbocycles. The van der Waals surface area contributed by atoms with Crippen molar-refractivity contribution in [3.8, 4) is 5.75 Å². The Morgan fingerprint density at radius 1 is 1.15 bits per heavy atom. The topological polar surface area (TPSA) is 71.5 Å². The van der Waals surface area contributed by atoms with E-state index in [0.717, 1.165) is 11.3 Å². The van der Waals surface area contributed by atoms with Crippen LogP contribution in [0.2, 0.25) is 0 Å². The molecule has 1 N–H and O–H groups in total. The van der Waals surface area contributed by atoms with Gasteiger partial charge >= 0.3 is 0 Å². The molecule has 2 amide bonds. The van der Waals surface area contributed by atoms with E-state index < -0.39 is 5.54 Å². The van der Waals surface area contributed by atoms with E-state index in [0.29, 0.717) is 17.7 Å². The summed E-state index contributed by atoms with van der Waals surface area (Å²) in [6.07, 6.45) is 0.635. The lowest BCUT2D eigenvalue weighted by Gasteiger charge is -2.35. The number of pyridine rings is 1. The molecule has 0 spiro atoms. The second-order valence-electron chi connectivity index (χ2n) is 7.26. The first-order chi connectivity index (χ1) is 12.7. The van der Waals surface area contributed by atoms with Crippen LogP contribution in [-0.4, -0.2) is 34.5 Å². The van der Waals surface area contributed by atoms with Gasteiger partial charge in [-0.25, -0.2) is 9.99 Å². The molecule has 1 aromatic carbocycles. The molecule has 0 fully saturated rings. The summed E-state index contributed by atoms with van der Waals surface area (Å²) in [5.74, 6) is -0.0682. The van der Waals surface area contributed by atoms with Crippen LogP contribution in [0.1, 0.15) is 59.8 Å². The fourth-order valence-corrected chi connectivity index (χ4v) is 2.80. The summed E-state index contributed by atoms with van der Waals surface area (Å²) < 4.78 is 5.36. The van der Waals surface area contributed by atoms with Crippen molar-refractivity contribution < 1.29 is 14.3 Å². The van der Waals surface area contributed by atoms with Gasteiger partial charge in [0.05, 0.1) is 12.6 Å². The number of rotatable bonds is 4. The molecule has 0 saturated carbocycles. The van der Waals surface area contributed by atoms with E-state index in [1.807, 2.05) is 46.8 Å². The molecule has 0 radical (unpaired) electrons. The average molecular weight is 369 g/mol. The summed E-state index contributed by atoms with van der Waals surface area (Å²) in [4.78, 5) is 30.3. The number of aromatic nitrogens is 1. The molecule has 0 atom stereocenters. The molecule has 144 valence electrons. The summed E-state index contributed by atoms with van der Waals surface area (Å²) in [7, 11) is 1.57. The van der Waals surface area contributed by atoms with Gasteiger partial charge in [0.25, 0.3) is 11.8 Å². The van der Waals surface area contributed by atoms with Crippen molar-refractivity contribution >= 4 is 11.8 Å². The van der Waals surface area contributed by atoms with E-state index in [1.54, 1.807) is 31.4 Å². The molecule has 2 rings (SSSR count). The van der Waals surface area contributed by atoms with Gasteiger partial charge in [-0.1, -0.05) is 19.1 Å². The number of amides is 2. The van der Waals surface area contributed by atoms with E-state index in [1.165, 1.54) is 5.01 Å². The fourth-order valence-electron chi connectivity index (χ4n) is 2.80. The van der Waals surface area contributed by atoms with Crippen LogP contribution in [-0.2, 0) is 6.42 Å². The third kappa shape index (κ3) is 4.64. The number of benzene rings is 1. The molecule has 0 unspecified atom stereocenters. The summed E-state index contributed by atoms with van der Waals surface area (Å²) in [5, 5.41) is 1.33. The van der Waals surface area contributed by atoms with Crippen LogP contribution in [0, 0.1) is 6.92 Å². The van der Waals surface area contributed by atoms with Gasteiger partial charge in [-0.3, -0.25) is 15.0 Å². The minimum Gasteiger partial charge on any atom is -0.496 e. The van der Waals surface area contributed by atoms with Crippen LogP contribution in [0.3, 0.4) is 0 Å². The van der Waals surface area contributed by atoms with Gasteiger partial charge < -0.3 is 4.74 Å². The van der Waals surface area contributed by atoms with Crippen molar-refractivity contribution in [2.45, 2.75) is 46.6 Å². The number of aryl methyl sites for hydroxylation is 1. The highest BCUT2D eigenvalue weighted by Crippen LogP contribution is 2.23. The Kier molecular flexibility index (Phi) is 6.20. The molecular formula is C21H27N3O3. The van der Waals surface area contributed by atoms with Crippen molar-refractivity contribution in [1.82, 2.24) is 15.4 Å². The number of methoxy groups -OCH3 is 1. The Hall–Kier alpha value is -2.89. The number of carbonyl (C=O) groups is 2. The molecule has 0 bridgehead atoms. The SMILES string of the molecule is CCc1c(OC)cccc1C(=O)NN(C(=O)c1cccc(C)n1)C(C)(C)C. The van der Waals surface area contributed by atoms with Crippen molar-refractivity contribution in [2.24, 2.45) is 0 Å². The quantitative estimate of drug-likeness (QED) is 0.837. The number of nitrogens with zero attached hydrogens (tertiary/aromatic N) is 2. The van der Waals surface area contributed by atoms with Gasteiger partial charge in [0.1, 0.15) is 11.4 Å². The van der Waals surface area contributed by atoms with Crippen molar-refractivity contribution in [1.29, 1.82) is 0 Å². The van der Waals surface area contributed by atoms with Crippen LogP contribution in [0.4, 0.5) is 0 Å². The highest BCUT2D eigenvalue weighted by Gasteiger charge is 2.31. The Bertz CT molecular complexity index is 841. The largest absolute Gasteiger partial charge is 0.496 e. The number of ether oxygens (including phenoxy) is 1. The monoisotopic (exact) mass is 369 g/mol. The molecular weight excluding hydrogens is 342 g/mol. The van der Waals surface area contributed by atoms with Crippen LogP contribution in [0.15, 0.2) is 36.4 Å². The molecule has 1 heterocycles. The maximum atomic E-state index is 13.0. The van der Waals surface area contributed by atoms with Gasteiger partial charge in [0.2, 0.25) is 0 Å². The lowest BCUT2D eigenvalue weighted by atomic mass is 10.0. The van der Waals surface area contributed by atoms with Gasteiger partial charge in [0, 0.05) is 16.8 Å². The van der Waals surface area contributed by atoms with Crippen molar-refractivity contribution in [3.05, 3.63) is 58.9 Å². The van der Waals surface area contributed by atoms with Crippen LogP contribution in [0.25, 0.3) is 0 Å². The maximum absolute atomic E-state index is 13.0. The van der Waals surface area contributed by atoms with Crippen molar-refractivity contribution in [3.63, 3.8) is 0 Å². The zero-order valence-electron chi connectivity index (χ0n) is 16.8. The summed E-state index contributed by atoms with van der Waals surface area (Å²) in [6, 6.07) is 10.5. The first kappa shape index (κ1) is 20.4. The highest BCUT2D eigenvalue weighted by molar-refractivity contribution is 5.99. The van der Waals surface area contributed by atoms with Crippen LogP contribution in [0.5, 0.6) is 5.75 Å². The minimum atomic E-state index is -0.636. The van der Waals surface area contributed by atoms with E-state index in [4.69, 9.17) is 4.74 Å². The molecule has 27 heavy (non-hydrogen) atoms. The third-order valence-corrected chi connectivity index (χ3v) is 4.15. The molecule has 6 heteroatoms. The normalized spacial score (nSPS) is 11.0. The Labute approximate surface area is 160 Å². The van der Waals surface area contributed by atoms with Crippen LogP contribution < -0.4 is 10.2 Å². The lowest BCUT2D eigenvalue weighted by Crippen LogP contribution is -2.56. The first-order valence-corrected chi connectivity index (χ1v) is 8.94. The molecule has 6 nitrogen and oxygen atoms in total. The van der Waals surface area contributed by atoms with E-state index in [9.17, 15) is 9.59 Å². The van der Waals surface area contributed by atoms with Crippen molar-refractivity contribution in [2.75, 3.05) is 7.11 Å². The average Bonchev–Trinajstić information content (AvgIpc) is 2.63. The zero-order valence-corrected chi connectivity index (χ0v) is 16.8. The van der Waals surface area contributed by atoms with Gasteiger partial charge in [-0.15, -0.1) is 0 Å². The Morgan fingerprint density at radius 2 is 1.81 bits per heavy atom. The highest BCUT2D eigenvalue weighted by atomic mass is 16.5. The number of nitrogens with one attached hydrogen (secondary N) is 1. The summed E-state index contributed by atoms with van der Waals surface area (Å²) in [5.41, 5.74) is 4.43. The second kappa shape index (κ2) is 8.20. The number of hydrogen-bond donors (Lipinski definition) is 1. The number of hydrazine groups is 1. The number of hydrogen-bond acceptors (Lipinski definition) is 4. The Morgan fingerprint density at radius 3 is 2.37 bits per heavy atom. The predicted octanol–water partition coefficient (Wildman–Crippen LogP) is 3.55. The zero-order chi connectivity index (χ0) is 20.2. The smallest absolute Gasteiger partial charge is 0.291 e. The molecule has 1 aromatic heterocycles.